The Morgan fingerprint density at radius 1 is 1.29 bits per heavy atom. The summed E-state index contributed by atoms with van der Waals surface area (Å²) >= 11 is 0. The van der Waals surface area contributed by atoms with E-state index in [1.165, 1.54) is 19.2 Å². The standard InChI is InChI=1S/C18H23N3O3/c1-12-9-13(21-17(19)10-12)5-3-4-8-20-18(23)15-11-14(24-2)6-7-16(15)22/h6-7,9-11,22H,3-5,8H2,1-2H3,(H2,19,21)(H,20,23). The molecule has 128 valence electrons. The van der Waals surface area contributed by atoms with Gasteiger partial charge < -0.3 is 20.9 Å². The Labute approximate surface area is 141 Å². The van der Waals surface area contributed by atoms with Gasteiger partial charge in [-0.1, -0.05) is 0 Å². The van der Waals surface area contributed by atoms with Gasteiger partial charge in [-0.2, -0.15) is 0 Å². The van der Waals surface area contributed by atoms with E-state index in [1.807, 2.05) is 19.1 Å². The summed E-state index contributed by atoms with van der Waals surface area (Å²) in [5.41, 5.74) is 8.00. The number of anilines is 1. The van der Waals surface area contributed by atoms with Gasteiger partial charge in [-0.15, -0.1) is 0 Å². The molecule has 6 nitrogen and oxygen atoms in total. The highest BCUT2D eigenvalue weighted by Gasteiger charge is 2.11. The first-order valence-electron chi connectivity index (χ1n) is 7.88. The fourth-order valence-corrected chi connectivity index (χ4v) is 2.45. The van der Waals surface area contributed by atoms with E-state index >= 15 is 0 Å². The molecule has 0 saturated heterocycles. The molecule has 0 fully saturated rings. The predicted molar refractivity (Wildman–Crippen MR) is 93.3 cm³/mol. The predicted octanol–water partition coefficient (Wildman–Crippen LogP) is 2.44. The molecule has 0 spiro atoms. The van der Waals surface area contributed by atoms with E-state index < -0.39 is 0 Å². The van der Waals surface area contributed by atoms with Crippen LogP contribution in [0, 0.1) is 6.92 Å². The summed E-state index contributed by atoms with van der Waals surface area (Å²) in [4.78, 5) is 16.4. The number of nitrogens with zero attached hydrogens (tertiary/aromatic N) is 1. The zero-order valence-corrected chi connectivity index (χ0v) is 14.0. The van der Waals surface area contributed by atoms with Crippen molar-refractivity contribution in [3.63, 3.8) is 0 Å². The summed E-state index contributed by atoms with van der Waals surface area (Å²) in [6.07, 6.45) is 2.51. The monoisotopic (exact) mass is 329 g/mol. The minimum Gasteiger partial charge on any atom is -0.507 e. The van der Waals surface area contributed by atoms with Crippen LogP contribution in [0.2, 0.25) is 0 Å². The van der Waals surface area contributed by atoms with Gasteiger partial charge in [0.25, 0.3) is 5.91 Å². The maximum Gasteiger partial charge on any atom is 0.255 e. The van der Waals surface area contributed by atoms with Crippen LogP contribution in [0.25, 0.3) is 0 Å². The van der Waals surface area contributed by atoms with E-state index in [0.29, 0.717) is 18.1 Å². The van der Waals surface area contributed by atoms with Crippen molar-refractivity contribution in [2.75, 3.05) is 19.4 Å². The highest BCUT2D eigenvalue weighted by atomic mass is 16.5. The number of methoxy groups -OCH3 is 1. The lowest BCUT2D eigenvalue weighted by molar-refractivity contribution is 0.0950. The Kier molecular flexibility index (Phi) is 6.01. The van der Waals surface area contributed by atoms with Gasteiger partial charge in [0.2, 0.25) is 0 Å². The molecule has 1 aromatic heterocycles. The smallest absolute Gasteiger partial charge is 0.255 e. The van der Waals surface area contributed by atoms with Gasteiger partial charge in [0, 0.05) is 12.2 Å². The van der Waals surface area contributed by atoms with E-state index in [2.05, 4.69) is 10.3 Å². The maximum atomic E-state index is 12.1. The zero-order chi connectivity index (χ0) is 17.5. The topological polar surface area (TPSA) is 97.5 Å². The number of hydrogen-bond donors (Lipinski definition) is 3. The van der Waals surface area contributed by atoms with Crippen molar-refractivity contribution in [3.05, 3.63) is 47.2 Å². The number of aromatic hydroxyl groups is 1. The Balaban J connectivity index is 1.79. The molecule has 0 aliphatic carbocycles. The summed E-state index contributed by atoms with van der Waals surface area (Å²) in [5, 5.41) is 12.6. The molecule has 1 heterocycles. The second-order valence-electron chi connectivity index (χ2n) is 5.66. The Bertz CT molecular complexity index is 696. The average molecular weight is 329 g/mol. The van der Waals surface area contributed by atoms with Gasteiger partial charge in [0.05, 0.1) is 12.7 Å². The number of nitrogen functional groups attached to an aromatic ring is 1. The molecular formula is C18H23N3O3. The van der Waals surface area contributed by atoms with Crippen LogP contribution in [0.4, 0.5) is 5.82 Å². The van der Waals surface area contributed by atoms with Crippen molar-refractivity contribution in [1.29, 1.82) is 0 Å². The molecule has 0 radical (unpaired) electrons. The second kappa shape index (κ2) is 8.19. The van der Waals surface area contributed by atoms with E-state index in [1.54, 1.807) is 6.07 Å². The molecule has 0 bridgehead atoms. The number of nitrogens with one attached hydrogen (secondary N) is 1. The number of aryl methyl sites for hydroxylation is 2. The first kappa shape index (κ1) is 17.6. The van der Waals surface area contributed by atoms with Gasteiger partial charge >= 0.3 is 0 Å². The number of carbonyl (C=O) groups is 1. The van der Waals surface area contributed by atoms with Crippen molar-refractivity contribution in [2.24, 2.45) is 0 Å². The van der Waals surface area contributed by atoms with Crippen LogP contribution in [0.15, 0.2) is 30.3 Å². The Morgan fingerprint density at radius 2 is 2.08 bits per heavy atom. The third-order valence-electron chi connectivity index (χ3n) is 3.64. The molecule has 0 unspecified atom stereocenters. The molecule has 0 aliphatic rings. The van der Waals surface area contributed by atoms with Crippen molar-refractivity contribution in [2.45, 2.75) is 26.2 Å². The lowest BCUT2D eigenvalue weighted by Gasteiger charge is -2.09. The molecule has 2 aromatic rings. The maximum absolute atomic E-state index is 12.1. The van der Waals surface area contributed by atoms with Crippen LogP contribution >= 0.6 is 0 Å². The number of hydrogen-bond acceptors (Lipinski definition) is 5. The first-order chi connectivity index (χ1) is 11.5. The summed E-state index contributed by atoms with van der Waals surface area (Å²) in [7, 11) is 1.51. The van der Waals surface area contributed by atoms with E-state index in [-0.39, 0.29) is 17.2 Å². The lowest BCUT2D eigenvalue weighted by Crippen LogP contribution is -2.24. The van der Waals surface area contributed by atoms with Crippen LogP contribution in [-0.4, -0.2) is 29.7 Å². The number of benzene rings is 1. The number of pyridine rings is 1. The fourth-order valence-electron chi connectivity index (χ4n) is 2.45. The normalized spacial score (nSPS) is 10.4. The van der Waals surface area contributed by atoms with Gasteiger partial charge in [-0.05, 0) is 62.1 Å². The number of rotatable bonds is 7. The zero-order valence-electron chi connectivity index (χ0n) is 14.0. The second-order valence-corrected chi connectivity index (χ2v) is 5.66. The minimum absolute atomic E-state index is 0.0623. The highest BCUT2D eigenvalue weighted by Crippen LogP contribution is 2.22. The van der Waals surface area contributed by atoms with Crippen molar-refractivity contribution in [1.82, 2.24) is 10.3 Å². The molecule has 4 N–H and O–H groups in total. The molecule has 1 aromatic carbocycles. The van der Waals surface area contributed by atoms with Gasteiger partial charge in [0.15, 0.2) is 0 Å². The van der Waals surface area contributed by atoms with Crippen LogP contribution < -0.4 is 15.8 Å². The Morgan fingerprint density at radius 3 is 2.79 bits per heavy atom. The fraction of sp³-hybridized carbons (Fsp3) is 0.333. The van der Waals surface area contributed by atoms with E-state index in [9.17, 15) is 9.90 Å². The average Bonchev–Trinajstić information content (AvgIpc) is 2.54. The number of ether oxygens (including phenoxy) is 1. The molecular weight excluding hydrogens is 306 g/mol. The Hall–Kier alpha value is -2.76. The molecule has 0 saturated carbocycles. The number of phenolic OH excluding ortho intramolecular Hbond substituents is 1. The van der Waals surface area contributed by atoms with Crippen molar-refractivity contribution in [3.8, 4) is 11.5 Å². The number of amides is 1. The number of aromatic nitrogens is 1. The van der Waals surface area contributed by atoms with Crippen molar-refractivity contribution >= 4 is 11.7 Å². The molecule has 24 heavy (non-hydrogen) atoms. The summed E-state index contributed by atoms with van der Waals surface area (Å²) in [5.74, 6) is 0.685. The van der Waals surface area contributed by atoms with Crippen molar-refractivity contribution < 1.29 is 14.6 Å². The number of nitrogens with two attached hydrogens (primary N) is 1. The molecule has 6 heteroatoms. The molecule has 1 amide bonds. The summed E-state index contributed by atoms with van der Waals surface area (Å²) < 4.78 is 5.06. The first-order valence-corrected chi connectivity index (χ1v) is 7.88. The third kappa shape index (κ3) is 4.87. The lowest BCUT2D eigenvalue weighted by atomic mass is 10.1. The number of carbonyl (C=O) groups excluding carboxylic acids is 1. The number of phenols is 1. The number of unbranched alkanes of at least 4 members (excludes halogenated alkanes) is 1. The largest absolute Gasteiger partial charge is 0.507 e. The molecule has 0 aliphatic heterocycles. The minimum atomic E-state index is -0.315. The van der Waals surface area contributed by atoms with Crippen LogP contribution in [0.1, 0.15) is 34.5 Å². The van der Waals surface area contributed by atoms with Gasteiger partial charge in [-0.25, -0.2) is 4.98 Å². The van der Waals surface area contributed by atoms with Gasteiger partial charge in [-0.3, -0.25) is 4.79 Å². The quantitative estimate of drug-likeness (QED) is 0.678. The van der Waals surface area contributed by atoms with Crippen LogP contribution in [0.5, 0.6) is 11.5 Å². The van der Waals surface area contributed by atoms with Crippen LogP contribution in [0.3, 0.4) is 0 Å². The van der Waals surface area contributed by atoms with Gasteiger partial charge in [0.1, 0.15) is 17.3 Å². The van der Waals surface area contributed by atoms with E-state index in [4.69, 9.17) is 10.5 Å². The molecule has 2 rings (SSSR count). The SMILES string of the molecule is COc1ccc(O)c(C(=O)NCCCCc2cc(C)cc(N)n2)c1. The third-order valence-corrected chi connectivity index (χ3v) is 3.64. The highest BCUT2D eigenvalue weighted by molar-refractivity contribution is 5.97. The molecule has 0 atom stereocenters. The van der Waals surface area contributed by atoms with E-state index in [0.717, 1.165) is 30.5 Å². The summed E-state index contributed by atoms with van der Waals surface area (Å²) in [6, 6.07) is 8.42. The summed E-state index contributed by atoms with van der Waals surface area (Å²) in [6.45, 7) is 2.51. The van der Waals surface area contributed by atoms with Crippen LogP contribution in [-0.2, 0) is 6.42 Å².